The molecule has 2 amide bonds. The predicted molar refractivity (Wildman–Crippen MR) is 106 cm³/mol. The van der Waals surface area contributed by atoms with Gasteiger partial charge in [0.2, 0.25) is 0 Å². The number of benzene rings is 2. The van der Waals surface area contributed by atoms with E-state index < -0.39 is 23.6 Å². The van der Waals surface area contributed by atoms with Crippen molar-refractivity contribution in [1.29, 1.82) is 0 Å². The van der Waals surface area contributed by atoms with E-state index in [9.17, 15) is 18.4 Å². The minimum absolute atomic E-state index is 0.264. The highest BCUT2D eigenvalue weighted by Crippen LogP contribution is 2.25. The Morgan fingerprint density at radius 3 is 2.50 bits per heavy atom. The Morgan fingerprint density at radius 1 is 1.04 bits per heavy atom. The standard InChI is InChI=1S/C20H15ClF2N2O2S/c1-11(12-5-7-15(22)16(23)9-12)24-19(26)13-4-6-14(21)17(10-13)25-20(27)18-3-2-8-28-18/h2-11H,1H3,(H,24,26)(H,25,27). The molecule has 0 aliphatic carbocycles. The molecule has 8 heteroatoms. The average molecular weight is 421 g/mol. The van der Waals surface area contributed by atoms with E-state index in [-0.39, 0.29) is 16.5 Å². The predicted octanol–water partition coefficient (Wildman–Crippen LogP) is 5.42. The van der Waals surface area contributed by atoms with Crippen molar-refractivity contribution < 1.29 is 18.4 Å². The van der Waals surface area contributed by atoms with Gasteiger partial charge in [0.15, 0.2) is 11.6 Å². The second-order valence-electron chi connectivity index (χ2n) is 5.99. The fraction of sp³-hybridized carbons (Fsp3) is 0.100. The second kappa shape index (κ2) is 8.50. The van der Waals surface area contributed by atoms with Crippen molar-refractivity contribution in [2.75, 3.05) is 5.32 Å². The van der Waals surface area contributed by atoms with Crippen molar-refractivity contribution in [2.45, 2.75) is 13.0 Å². The largest absolute Gasteiger partial charge is 0.346 e. The van der Waals surface area contributed by atoms with Crippen molar-refractivity contribution in [3.05, 3.63) is 86.6 Å². The van der Waals surface area contributed by atoms with Crippen molar-refractivity contribution >= 4 is 40.4 Å². The number of carbonyl (C=O) groups is 2. The Morgan fingerprint density at radius 2 is 1.82 bits per heavy atom. The van der Waals surface area contributed by atoms with Crippen LogP contribution in [-0.4, -0.2) is 11.8 Å². The molecule has 1 atom stereocenters. The molecular formula is C20H15ClF2N2O2S. The molecule has 1 unspecified atom stereocenters. The van der Waals surface area contributed by atoms with E-state index in [1.807, 2.05) is 0 Å². The lowest BCUT2D eigenvalue weighted by Crippen LogP contribution is -2.27. The molecule has 0 saturated heterocycles. The summed E-state index contributed by atoms with van der Waals surface area (Å²) < 4.78 is 26.5. The fourth-order valence-corrected chi connectivity index (χ4v) is 3.28. The normalized spacial score (nSPS) is 11.7. The van der Waals surface area contributed by atoms with E-state index in [1.165, 1.54) is 35.6 Å². The Bertz CT molecular complexity index is 1030. The topological polar surface area (TPSA) is 58.2 Å². The first-order valence-corrected chi connectivity index (χ1v) is 9.51. The van der Waals surface area contributed by atoms with Crippen molar-refractivity contribution in [3.63, 3.8) is 0 Å². The molecule has 3 rings (SSSR count). The molecule has 0 bridgehead atoms. The lowest BCUT2D eigenvalue weighted by atomic mass is 10.1. The van der Waals surface area contributed by atoms with Crippen molar-refractivity contribution in [2.24, 2.45) is 0 Å². The van der Waals surface area contributed by atoms with Crippen LogP contribution in [0.15, 0.2) is 53.9 Å². The van der Waals surface area contributed by atoms with E-state index in [0.29, 0.717) is 16.1 Å². The number of hydrogen-bond donors (Lipinski definition) is 2. The SMILES string of the molecule is CC(NC(=O)c1ccc(Cl)c(NC(=O)c2cccs2)c1)c1ccc(F)c(F)c1. The van der Waals surface area contributed by atoms with Crippen molar-refractivity contribution in [1.82, 2.24) is 5.32 Å². The van der Waals surface area contributed by atoms with Crippen molar-refractivity contribution in [3.8, 4) is 0 Å². The van der Waals surface area contributed by atoms with Crippen LogP contribution in [0.25, 0.3) is 0 Å². The maximum atomic E-state index is 13.4. The molecule has 4 nitrogen and oxygen atoms in total. The number of carbonyl (C=O) groups excluding carboxylic acids is 2. The molecule has 28 heavy (non-hydrogen) atoms. The molecule has 0 fully saturated rings. The molecule has 0 aliphatic rings. The van der Waals surface area contributed by atoms with Gasteiger partial charge in [-0.05, 0) is 54.3 Å². The summed E-state index contributed by atoms with van der Waals surface area (Å²) in [4.78, 5) is 25.2. The zero-order valence-electron chi connectivity index (χ0n) is 14.6. The number of thiophene rings is 1. The summed E-state index contributed by atoms with van der Waals surface area (Å²) in [5.74, 6) is -2.71. The van der Waals surface area contributed by atoms with Crippen LogP contribution >= 0.6 is 22.9 Å². The number of amides is 2. The van der Waals surface area contributed by atoms with E-state index in [0.717, 1.165) is 12.1 Å². The Hall–Kier alpha value is -2.77. The van der Waals surface area contributed by atoms with Crippen LogP contribution in [0, 0.1) is 11.6 Å². The molecule has 0 saturated carbocycles. The third-order valence-corrected chi connectivity index (χ3v) is 5.21. The number of nitrogens with one attached hydrogen (secondary N) is 2. The maximum Gasteiger partial charge on any atom is 0.265 e. The summed E-state index contributed by atoms with van der Waals surface area (Å²) in [6.45, 7) is 1.65. The highest BCUT2D eigenvalue weighted by Gasteiger charge is 2.16. The summed E-state index contributed by atoms with van der Waals surface area (Å²) in [5.41, 5.74) is 0.987. The van der Waals surface area contributed by atoms with Gasteiger partial charge in [-0.2, -0.15) is 0 Å². The van der Waals surface area contributed by atoms with Crippen LogP contribution in [0.2, 0.25) is 5.02 Å². The highest BCUT2D eigenvalue weighted by atomic mass is 35.5. The van der Waals surface area contributed by atoms with Crippen LogP contribution in [0.3, 0.4) is 0 Å². The summed E-state index contributed by atoms with van der Waals surface area (Å²) in [7, 11) is 0. The zero-order valence-corrected chi connectivity index (χ0v) is 16.2. The Labute approximate surface area is 169 Å². The van der Waals surface area contributed by atoms with Gasteiger partial charge in [-0.3, -0.25) is 9.59 Å². The molecule has 0 aliphatic heterocycles. The van der Waals surface area contributed by atoms with E-state index in [1.54, 1.807) is 24.4 Å². The smallest absolute Gasteiger partial charge is 0.265 e. The van der Waals surface area contributed by atoms with E-state index >= 15 is 0 Å². The third-order valence-electron chi connectivity index (χ3n) is 4.01. The lowest BCUT2D eigenvalue weighted by Gasteiger charge is -2.15. The second-order valence-corrected chi connectivity index (χ2v) is 7.35. The quantitative estimate of drug-likeness (QED) is 0.578. The van der Waals surface area contributed by atoms with Gasteiger partial charge in [0, 0.05) is 5.56 Å². The molecule has 1 aromatic heterocycles. The summed E-state index contributed by atoms with van der Waals surface area (Å²) in [6.07, 6.45) is 0. The van der Waals surface area contributed by atoms with Gasteiger partial charge in [-0.1, -0.05) is 23.7 Å². The fourth-order valence-electron chi connectivity index (χ4n) is 2.50. The first-order chi connectivity index (χ1) is 13.3. The molecule has 0 radical (unpaired) electrons. The molecule has 3 aromatic rings. The first kappa shape index (κ1) is 20.0. The van der Waals surface area contributed by atoms with Gasteiger partial charge in [0.1, 0.15) is 0 Å². The summed E-state index contributed by atoms with van der Waals surface area (Å²) >= 11 is 7.40. The summed E-state index contributed by atoms with van der Waals surface area (Å²) in [6, 6.07) is 10.8. The van der Waals surface area contributed by atoms with Gasteiger partial charge in [0.25, 0.3) is 11.8 Å². The first-order valence-electron chi connectivity index (χ1n) is 8.25. The Balaban J connectivity index is 1.74. The van der Waals surface area contributed by atoms with Crippen LogP contribution in [0.5, 0.6) is 0 Å². The molecule has 144 valence electrons. The van der Waals surface area contributed by atoms with Crippen LogP contribution in [0.4, 0.5) is 14.5 Å². The number of hydrogen-bond acceptors (Lipinski definition) is 3. The molecular weight excluding hydrogens is 406 g/mol. The molecule has 2 N–H and O–H groups in total. The third kappa shape index (κ3) is 4.55. The number of anilines is 1. The van der Waals surface area contributed by atoms with E-state index in [4.69, 9.17) is 11.6 Å². The number of halogens is 3. The minimum Gasteiger partial charge on any atom is -0.346 e. The van der Waals surface area contributed by atoms with Gasteiger partial charge < -0.3 is 10.6 Å². The summed E-state index contributed by atoms with van der Waals surface area (Å²) in [5, 5.41) is 7.44. The van der Waals surface area contributed by atoms with Gasteiger partial charge >= 0.3 is 0 Å². The van der Waals surface area contributed by atoms with E-state index in [2.05, 4.69) is 10.6 Å². The van der Waals surface area contributed by atoms with Crippen LogP contribution in [-0.2, 0) is 0 Å². The lowest BCUT2D eigenvalue weighted by molar-refractivity contribution is 0.0938. The van der Waals surface area contributed by atoms with Gasteiger partial charge in [0.05, 0.1) is 21.6 Å². The highest BCUT2D eigenvalue weighted by molar-refractivity contribution is 7.12. The van der Waals surface area contributed by atoms with Crippen LogP contribution in [0.1, 0.15) is 38.6 Å². The molecule has 1 heterocycles. The van der Waals surface area contributed by atoms with Gasteiger partial charge in [-0.25, -0.2) is 8.78 Å². The maximum absolute atomic E-state index is 13.4. The average Bonchev–Trinajstić information content (AvgIpc) is 3.20. The van der Waals surface area contributed by atoms with Crippen LogP contribution < -0.4 is 10.6 Å². The zero-order chi connectivity index (χ0) is 20.3. The molecule has 2 aromatic carbocycles. The minimum atomic E-state index is -0.983. The Kier molecular flexibility index (Phi) is 6.06. The monoisotopic (exact) mass is 420 g/mol. The van der Waals surface area contributed by atoms with Gasteiger partial charge in [-0.15, -0.1) is 11.3 Å². The number of rotatable bonds is 5. The molecule has 0 spiro atoms.